The van der Waals surface area contributed by atoms with E-state index in [9.17, 15) is 13.2 Å². The molecule has 2 atom stereocenters. The average Bonchev–Trinajstić information content (AvgIpc) is 3.29. The van der Waals surface area contributed by atoms with Crippen LogP contribution in [0, 0.1) is 5.92 Å². The fourth-order valence-corrected chi connectivity index (χ4v) is 4.24. The highest BCUT2D eigenvalue weighted by Crippen LogP contribution is 2.48. The number of rotatable bonds is 5. The Morgan fingerprint density at radius 3 is 2.86 bits per heavy atom. The monoisotopic (exact) mass is 439 g/mol. The van der Waals surface area contributed by atoms with Gasteiger partial charge in [-0.15, -0.1) is 0 Å². The number of nitrogens with one attached hydrogen (secondary N) is 1. The number of aromatic nitrogens is 4. The molecule has 28 heavy (non-hydrogen) atoms. The van der Waals surface area contributed by atoms with Gasteiger partial charge in [0.1, 0.15) is 16.1 Å². The summed E-state index contributed by atoms with van der Waals surface area (Å²) in [5, 5.41) is 8.53. The van der Waals surface area contributed by atoms with Crippen molar-refractivity contribution in [2.75, 3.05) is 11.1 Å². The van der Waals surface area contributed by atoms with E-state index < -0.39 is 10.0 Å². The van der Waals surface area contributed by atoms with Gasteiger partial charge < -0.3 is 5.32 Å². The minimum atomic E-state index is -3.43. The third-order valence-corrected chi connectivity index (χ3v) is 6.66. The molecule has 0 unspecified atom stereocenters. The number of fused-ring (bicyclic) bond motifs is 1. The Morgan fingerprint density at radius 2 is 2.11 bits per heavy atom. The molecule has 0 bridgehead atoms. The van der Waals surface area contributed by atoms with Crippen LogP contribution in [-0.4, -0.2) is 39.2 Å². The molecule has 11 heteroatoms. The lowest BCUT2D eigenvalue weighted by atomic mass is 10.2. The van der Waals surface area contributed by atoms with Gasteiger partial charge >= 0.3 is 0 Å². The van der Waals surface area contributed by atoms with E-state index in [4.69, 9.17) is 23.2 Å². The lowest BCUT2D eigenvalue weighted by molar-refractivity contribution is -0.117. The second kappa shape index (κ2) is 6.98. The van der Waals surface area contributed by atoms with Gasteiger partial charge in [-0.05, 0) is 42.3 Å². The summed E-state index contributed by atoms with van der Waals surface area (Å²) >= 11 is 12.0. The molecular weight excluding hydrogens is 425 g/mol. The lowest BCUT2D eigenvalue weighted by Crippen LogP contribution is -2.15. The van der Waals surface area contributed by atoms with E-state index in [2.05, 4.69) is 20.4 Å². The first-order valence-electron chi connectivity index (χ1n) is 8.49. The maximum Gasteiger partial charge on any atom is 0.253 e. The summed E-state index contributed by atoms with van der Waals surface area (Å²) in [5.74, 6) is -0.168. The standard InChI is InChI=1S/C17H15Cl2N5O3S/c1-2-28(26,27)24-8-10(6-21-24)11-5-12(11)17(25)23-15-4-9-3-14(18)22-16(19)13(9)7-20-15/h3-4,6-8,11-12H,2,5H2,1H3,(H,20,23,25)/t11-,12+/m1/s1. The lowest BCUT2D eigenvalue weighted by Gasteiger charge is -2.06. The quantitative estimate of drug-likeness (QED) is 0.612. The van der Waals surface area contributed by atoms with Crippen LogP contribution in [0.15, 0.2) is 30.7 Å². The van der Waals surface area contributed by atoms with Crippen LogP contribution in [0.4, 0.5) is 5.82 Å². The van der Waals surface area contributed by atoms with Crippen LogP contribution >= 0.6 is 23.2 Å². The Balaban J connectivity index is 1.48. The summed E-state index contributed by atoms with van der Waals surface area (Å²) in [6, 6.07) is 3.32. The molecule has 4 rings (SSSR count). The normalized spacial score (nSPS) is 19.0. The zero-order chi connectivity index (χ0) is 20.1. The third kappa shape index (κ3) is 3.57. The van der Waals surface area contributed by atoms with Crippen molar-refractivity contribution in [2.24, 2.45) is 5.92 Å². The smallest absolute Gasteiger partial charge is 0.253 e. The van der Waals surface area contributed by atoms with E-state index in [-0.39, 0.29) is 33.8 Å². The first kappa shape index (κ1) is 19.1. The highest BCUT2D eigenvalue weighted by atomic mass is 35.5. The number of pyridine rings is 2. The minimum absolute atomic E-state index is 0.0418. The van der Waals surface area contributed by atoms with Crippen molar-refractivity contribution < 1.29 is 13.2 Å². The van der Waals surface area contributed by atoms with Crippen molar-refractivity contribution in [3.05, 3.63) is 46.6 Å². The van der Waals surface area contributed by atoms with Crippen LogP contribution in [-0.2, 0) is 14.8 Å². The van der Waals surface area contributed by atoms with E-state index in [1.54, 1.807) is 19.1 Å². The topological polar surface area (TPSA) is 107 Å². The molecule has 1 amide bonds. The molecule has 1 saturated carbocycles. The van der Waals surface area contributed by atoms with Crippen molar-refractivity contribution in [1.82, 2.24) is 19.2 Å². The second-order valence-corrected chi connectivity index (χ2v) is 9.37. The fourth-order valence-electron chi connectivity index (χ4n) is 3.01. The molecule has 0 aliphatic heterocycles. The minimum Gasteiger partial charge on any atom is -0.310 e. The molecule has 0 spiro atoms. The van der Waals surface area contributed by atoms with Gasteiger partial charge in [0.25, 0.3) is 10.0 Å². The SMILES string of the molecule is CCS(=O)(=O)n1cc([C@H]2C[C@@H]2C(=O)Nc2cc3cc(Cl)nc(Cl)c3cn2)cn1. The third-order valence-electron chi connectivity index (χ3n) is 4.67. The summed E-state index contributed by atoms with van der Waals surface area (Å²) in [5.41, 5.74) is 0.730. The van der Waals surface area contributed by atoms with Crippen LogP contribution < -0.4 is 5.32 Å². The Hall–Kier alpha value is -2.23. The molecule has 146 valence electrons. The molecule has 0 saturated heterocycles. The molecular formula is C17H15Cl2N5O3S. The molecule has 3 heterocycles. The summed E-state index contributed by atoms with van der Waals surface area (Å²) in [6.07, 6.45) is 5.12. The van der Waals surface area contributed by atoms with E-state index in [0.717, 1.165) is 9.65 Å². The van der Waals surface area contributed by atoms with Gasteiger partial charge in [0.05, 0.1) is 11.9 Å². The Bertz CT molecular complexity index is 1190. The summed E-state index contributed by atoms with van der Waals surface area (Å²) in [6.45, 7) is 1.55. The highest BCUT2D eigenvalue weighted by molar-refractivity contribution is 7.89. The molecule has 8 nitrogen and oxygen atoms in total. The molecule has 1 N–H and O–H groups in total. The van der Waals surface area contributed by atoms with Gasteiger partial charge in [-0.1, -0.05) is 23.2 Å². The number of hydrogen-bond acceptors (Lipinski definition) is 6. The number of anilines is 1. The number of halogens is 2. The molecule has 1 aliphatic rings. The van der Waals surface area contributed by atoms with E-state index in [1.807, 2.05) is 0 Å². The Labute approximate surface area is 170 Å². The van der Waals surface area contributed by atoms with Gasteiger partial charge in [0, 0.05) is 23.7 Å². The van der Waals surface area contributed by atoms with Crippen LogP contribution in [0.25, 0.3) is 10.8 Å². The van der Waals surface area contributed by atoms with Crippen molar-refractivity contribution >= 4 is 55.7 Å². The second-order valence-electron chi connectivity index (χ2n) is 6.51. The summed E-state index contributed by atoms with van der Waals surface area (Å²) in [4.78, 5) is 20.7. The highest BCUT2D eigenvalue weighted by Gasteiger charge is 2.45. The number of nitrogens with zero attached hydrogens (tertiary/aromatic N) is 4. The maximum atomic E-state index is 12.5. The van der Waals surface area contributed by atoms with Gasteiger partial charge in [0.15, 0.2) is 0 Å². The molecule has 0 aromatic carbocycles. The average molecular weight is 440 g/mol. The van der Waals surface area contributed by atoms with Crippen LogP contribution in [0.3, 0.4) is 0 Å². The predicted octanol–water partition coefficient (Wildman–Crippen LogP) is 3.07. The predicted molar refractivity (Wildman–Crippen MR) is 106 cm³/mol. The maximum absolute atomic E-state index is 12.5. The molecule has 3 aromatic rings. The van der Waals surface area contributed by atoms with Crippen LogP contribution in [0.2, 0.25) is 10.3 Å². The Kier molecular flexibility index (Phi) is 4.76. The van der Waals surface area contributed by atoms with E-state index >= 15 is 0 Å². The zero-order valence-corrected chi connectivity index (χ0v) is 17.0. The van der Waals surface area contributed by atoms with E-state index in [1.165, 1.54) is 18.6 Å². The molecule has 3 aromatic heterocycles. The van der Waals surface area contributed by atoms with Crippen molar-refractivity contribution in [3.8, 4) is 0 Å². The molecule has 1 aliphatic carbocycles. The zero-order valence-electron chi connectivity index (χ0n) is 14.6. The first-order valence-corrected chi connectivity index (χ1v) is 10.9. The molecule has 0 radical (unpaired) electrons. The van der Waals surface area contributed by atoms with Crippen LogP contribution in [0.1, 0.15) is 24.8 Å². The number of amides is 1. The number of hydrogen-bond donors (Lipinski definition) is 1. The van der Waals surface area contributed by atoms with Gasteiger partial charge in [-0.3, -0.25) is 4.79 Å². The van der Waals surface area contributed by atoms with Gasteiger partial charge in [-0.25, -0.2) is 18.4 Å². The van der Waals surface area contributed by atoms with E-state index in [0.29, 0.717) is 23.0 Å². The van der Waals surface area contributed by atoms with Gasteiger partial charge in [0.2, 0.25) is 5.91 Å². The summed E-state index contributed by atoms with van der Waals surface area (Å²) < 4.78 is 24.7. The Morgan fingerprint density at radius 1 is 1.32 bits per heavy atom. The van der Waals surface area contributed by atoms with Crippen molar-refractivity contribution in [2.45, 2.75) is 19.3 Å². The first-order chi connectivity index (χ1) is 13.3. The van der Waals surface area contributed by atoms with Crippen molar-refractivity contribution in [3.63, 3.8) is 0 Å². The molecule has 1 fully saturated rings. The summed E-state index contributed by atoms with van der Waals surface area (Å²) in [7, 11) is -3.43. The van der Waals surface area contributed by atoms with Gasteiger partial charge in [-0.2, -0.15) is 9.19 Å². The number of carbonyl (C=O) groups excluding carboxylic acids is 1. The van der Waals surface area contributed by atoms with Crippen molar-refractivity contribution in [1.29, 1.82) is 0 Å². The number of carbonyl (C=O) groups is 1. The fraction of sp³-hybridized carbons (Fsp3) is 0.294. The largest absolute Gasteiger partial charge is 0.310 e. The van der Waals surface area contributed by atoms with Crippen LogP contribution in [0.5, 0.6) is 0 Å².